The molecule has 0 fully saturated rings. The third kappa shape index (κ3) is 4.01. The Labute approximate surface area is 211 Å². The molecule has 3 aromatic carbocycles. The standard InChI is InChI=1S/C32H32F3N/c1-18-12-19(2)14-22(13-18)29-28-26(25(17-36-29)32(33,34)35)24-11-9-21-15-20(16-30(3,4)5)8-10-23(21)27(24)31(28,6)7/h8-15,17H,16H2,1-7H3. The van der Waals surface area contributed by atoms with Crippen LogP contribution in [-0.2, 0) is 18.0 Å². The van der Waals surface area contributed by atoms with Gasteiger partial charge in [-0.1, -0.05) is 82.1 Å². The lowest BCUT2D eigenvalue weighted by Crippen LogP contribution is -2.19. The number of pyridine rings is 1. The van der Waals surface area contributed by atoms with Gasteiger partial charge in [0, 0.05) is 22.7 Å². The number of aryl methyl sites for hydroxylation is 2. The minimum absolute atomic E-state index is 0.147. The summed E-state index contributed by atoms with van der Waals surface area (Å²) in [4.78, 5) is 4.46. The Morgan fingerprint density at radius 2 is 1.50 bits per heavy atom. The van der Waals surface area contributed by atoms with Crippen LogP contribution in [0, 0.1) is 19.3 Å². The quantitative estimate of drug-likeness (QED) is 0.274. The predicted molar refractivity (Wildman–Crippen MR) is 142 cm³/mol. The van der Waals surface area contributed by atoms with Crippen molar-refractivity contribution < 1.29 is 13.2 Å². The molecule has 1 heterocycles. The number of rotatable bonds is 2. The SMILES string of the molecule is Cc1cc(C)cc(-c2ncc(C(F)(F)F)c3c2C(C)(C)c2c-3ccc3cc(CC(C)(C)C)ccc23)c1. The average molecular weight is 488 g/mol. The van der Waals surface area contributed by atoms with E-state index in [1.54, 1.807) is 0 Å². The lowest BCUT2D eigenvalue weighted by atomic mass is 9.78. The van der Waals surface area contributed by atoms with Gasteiger partial charge < -0.3 is 0 Å². The molecular formula is C32H32F3N. The van der Waals surface area contributed by atoms with Crippen molar-refractivity contribution in [3.05, 3.63) is 88.1 Å². The van der Waals surface area contributed by atoms with Crippen LogP contribution in [0.25, 0.3) is 33.2 Å². The van der Waals surface area contributed by atoms with Crippen LogP contribution in [0.1, 0.15) is 68.0 Å². The number of alkyl halides is 3. The Hall–Kier alpha value is -3.14. The second-order valence-corrected chi connectivity index (χ2v) is 12.1. The summed E-state index contributed by atoms with van der Waals surface area (Å²) < 4.78 is 43.0. The van der Waals surface area contributed by atoms with Crippen molar-refractivity contribution in [1.29, 1.82) is 0 Å². The van der Waals surface area contributed by atoms with Crippen LogP contribution < -0.4 is 0 Å². The maximum atomic E-state index is 14.3. The first-order valence-electron chi connectivity index (χ1n) is 12.4. The van der Waals surface area contributed by atoms with Crippen LogP contribution in [0.4, 0.5) is 13.2 Å². The average Bonchev–Trinajstić information content (AvgIpc) is 2.98. The first-order chi connectivity index (χ1) is 16.7. The number of fused-ring (bicyclic) bond motifs is 5. The normalized spacial score (nSPS) is 14.7. The molecule has 0 amide bonds. The molecule has 4 heteroatoms. The molecule has 186 valence electrons. The summed E-state index contributed by atoms with van der Waals surface area (Å²) in [5.41, 5.74) is 6.20. The molecule has 0 spiro atoms. The van der Waals surface area contributed by atoms with E-state index in [9.17, 15) is 13.2 Å². The molecule has 0 radical (unpaired) electrons. The van der Waals surface area contributed by atoms with Crippen LogP contribution in [0.2, 0.25) is 0 Å². The first-order valence-corrected chi connectivity index (χ1v) is 12.4. The molecule has 1 aromatic heterocycles. The van der Waals surface area contributed by atoms with E-state index in [0.29, 0.717) is 16.8 Å². The molecule has 0 atom stereocenters. The fourth-order valence-corrected chi connectivity index (χ4v) is 6.05. The second-order valence-electron chi connectivity index (χ2n) is 12.1. The molecular weight excluding hydrogens is 455 g/mol. The van der Waals surface area contributed by atoms with E-state index >= 15 is 0 Å². The smallest absolute Gasteiger partial charge is 0.255 e. The van der Waals surface area contributed by atoms with Crippen LogP contribution in [0.5, 0.6) is 0 Å². The van der Waals surface area contributed by atoms with Gasteiger partial charge >= 0.3 is 6.18 Å². The van der Waals surface area contributed by atoms with Gasteiger partial charge in [-0.3, -0.25) is 4.98 Å². The topological polar surface area (TPSA) is 12.9 Å². The van der Waals surface area contributed by atoms with Gasteiger partial charge in [0.05, 0.1) is 11.3 Å². The maximum Gasteiger partial charge on any atom is 0.418 e. The molecule has 0 saturated carbocycles. The van der Waals surface area contributed by atoms with Gasteiger partial charge in [0.2, 0.25) is 0 Å². The highest BCUT2D eigenvalue weighted by Crippen LogP contribution is 2.57. The Balaban J connectivity index is 1.83. The number of benzene rings is 3. The highest BCUT2D eigenvalue weighted by molar-refractivity contribution is 6.00. The van der Waals surface area contributed by atoms with Crippen molar-refractivity contribution in [3.63, 3.8) is 0 Å². The monoisotopic (exact) mass is 487 g/mol. The lowest BCUT2D eigenvalue weighted by Gasteiger charge is -2.26. The van der Waals surface area contributed by atoms with E-state index in [1.807, 2.05) is 52.0 Å². The fourth-order valence-electron chi connectivity index (χ4n) is 6.05. The van der Waals surface area contributed by atoms with Gasteiger partial charge in [-0.15, -0.1) is 0 Å². The molecule has 0 N–H and O–H groups in total. The van der Waals surface area contributed by atoms with E-state index in [1.165, 1.54) is 5.56 Å². The molecule has 0 aliphatic heterocycles. The molecule has 4 aromatic rings. The van der Waals surface area contributed by atoms with Crippen molar-refractivity contribution >= 4 is 10.8 Å². The number of aromatic nitrogens is 1. The molecule has 0 saturated heterocycles. The van der Waals surface area contributed by atoms with Crippen LogP contribution in [-0.4, -0.2) is 4.98 Å². The molecule has 1 nitrogen and oxygen atoms in total. The van der Waals surface area contributed by atoms with Crippen molar-refractivity contribution in [2.75, 3.05) is 0 Å². The second kappa shape index (κ2) is 7.93. The summed E-state index contributed by atoms with van der Waals surface area (Å²) in [6.45, 7) is 14.7. The number of halogens is 3. The molecule has 36 heavy (non-hydrogen) atoms. The van der Waals surface area contributed by atoms with Gasteiger partial charge in [-0.2, -0.15) is 13.2 Å². The summed E-state index contributed by atoms with van der Waals surface area (Å²) in [7, 11) is 0. The van der Waals surface area contributed by atoms with Gasteiger partial charge in [-0.05, 0) is 70.8 Å². The Morgan fingerprint density at radius 1 is 0.833 bits per heavy atom. The summed E-state index contributed by atoms with van der Waals surface area (Å²) >= 11 is 0. The van der Waals surface area contributed by atoms with Gasteiger partial charge in [-0.25, -0.2) is 0 Å². The fraction of sp³-hybridized carbons (Fsp3) is 0.344. The van der Waals surface area contributed by atoms with Crippen molar-refractivity contribution in [2.45, 2.75) is 66.5 Å². The third-order valence-electron chi connectivity index (χ3n) is 7.22. The van der Waals surface area contributed by atoms with Crippen LogP contribution in [0.3, 0.4) is 0 Å². The maximum absolute atomic E-state index is 14.3. The zero-order chi connectivity index (χ0) is 26.2. The van der Waals surface area contributed by atoms with Gasteiger partial charge in [0.15, 0.2) is 0 Å². The van der Waals surface area contributed by atoms with E-state index in [4.69, 9.17) is 0 Å². The van der Waals surface area contributed by atoms with Crippen molar-refractivity contribution in [3.8, 4) is 22.4 Å². The summed E-state index contributed by atoms with van der Waals surface area (Å²) in [6.07, 6.45) is -2.54. The van der Waals surface area contributed by atoms with Crippen molar-refractivity contribution in [2.24, 2.45) is 5.41 Å². The highest BCUT2D eigenvalue weighted by Gasteiger charge is 2.46. The van der Waals surface area contributed by atoms with E-state index in [0.717, 1.165) is 45.6 Å². The summed E-state index contributed by atoms with van der Waals surface area (Å²) in [5.74, 6) is 0. The molecule has 1 aliphatic carbocycles. The van der Waals surface area contributed by atoms with E-state index in [2.05, 4.69) is 50.0 Å². The van der Waals surface area contributed by atoms with Gasteiger partial charge in [0.25, 0.3) is 0 Å². The molecule has 0 unspecified atom stereocenters. The zero-order valence-corrected chi connectivity index (χ0v) is 22.0. The minimum atomic E-state index is -4.50. The van der Waals surface area contributed by atoms with Gasteiger partial charge in [0.1, 0.15) is 0 Å². The summed E-state index contributed by atoms with van der Waals surface area (Å²) in [5, 5.41) is 2.07. The third-order valence-corrected chi connectivity index (χ3v) is 7.22. The molecule has 1 aliphatic rings. The molecule has 0 bridgehead atoms. The summed E-state index contributed by atoms with van der Waals surface area (Å²) in [6, 6.07) is 16.4. The van der Waals surface area contributed by atoms with Crippen LogP contribution >= 0.6 is 0 Å². The van der Waals surface area contributed by atoms with Crippen molar-refractivity contribution in [1.82, 2.24) is 4.98 Å². The predicted octanol–water partition coefficient (Wildman–Crippen LogP) is 9.43. The Kier molecular flexibility index (Phi) is 5.41. The number of hydrogen-bond acceptors (Lipinski definition) is 1. The Morgan fingerprint density at radius 3 is 2.11 bits per heavy atom. The zero-order valence-electron chi connectivity index (χ0n) is 22.0. The highest BCUT2D eigenvalue weighted by atomic mass is 19.4. The first kappa shape index (κ1) is 24.5. The molecule has 5 rings (SSSR count). The minimum Gasteiger partial charge on any atom is -0.255 e. The van der Waals surface area contributed by atoms with E-state index in [-0.39, 0.29) is 11.0 Å². The largest absolute Gasteiger partial charge is 0.418 e. The lowest BCUT2D eigenvalue weighted by molar-refractivity contribution is -0.137. The van der Waals surface area contributed by atoms with Crippen LogP contribution in [0.15, 0.2) is 54.7 Å². The Bertz CT molecular complexity index is 1500. The number of hydrogen-bond donors (Lipinski definition) is 0. The van der Waals surface area contributed by atoms with E-state index < -0.39 is 17.2 Å². The number of nitrogens with zero attached hydrogens (tertiary/aromatic N) is 1.